The van der Waals surface area contributed by atoms with E-state index in [9.17, 15) is 4.79 Å². The van der Waals surface area contributed by atoms with Crippen molar-refractivity contribution in [1.29, 1.82) is 0 Å². The summed E-state index contributed by atoms with van der Waals surface area (Å²) in [6, 6.07) is 8.36. The number of fused-ring (bicyclic) bond motifs is 1. The van der Waals surface area contributed by atoms with Crippen molar-refractivity contribution in [3.8, 4) is 0 Å². The third kappa shape index (κ3) is 2.70. The van der Waals surface area contributed by atoms with E-state index in [1.807, 2.05) is 13.1 Å². The monoisotopic (exact) mass is 241 g/mol. The number of aromatic amines is 1. The van der Waals surface area contributed by atoms with Crippen molar-refractivity contribution in [2.45, 2.75) is 32.6 Å². The molecule has 0 amide bonds. The Morgan fingerprint density at radius 1 is 1.33 bits per heavy atom. The summed E-state index contributed by atoms with van der Waals surface area (Å²) in [7, 11) is 0. The summed E-state index contributed by atoms with van der Waals surface area (Å²) in [4.78, 5) is 14.9. The van der Waals surface area contributed by atoms with Gasteiger partial charge in [0.25, 0.3) is 0 Å². The molecule has 0 bridgehead atoms. The molecular weight excluding hydrogens is 222 g/mol. The molecular formula is C16H19NO. The van der Waals surface area contributed by atoms with Crippen molar-refractivity contribution >= 4 is 16.7 Å². The molecule has 1 aromatic carbocycles. The number of hydrogen-bond acceptors (Lipinski definition) is 1. The molecule has 1 heterocycles. The van der Waals surface area contributed by atoms with E-state index in [0.29, 0.717) is 6.42 Å². The van der Waals surface area contributed by atoms with Gasteiger partial charge in [-0.1, -0.05) is 25.6 Å². The van der Waals surface area contributed by atoms with Crippen molar-refractivity contribution in [3.63, 3.8) is 0 Å². The zero-order valence-corrected chi connectivity index (χ0v) is 10.8. The molecule has 0 unspecified atom stereocenters. The summed E-state index contributed by atoms with van der Waals surface area (Å²) in [5.74, 6) is 0.207. The van der Waals surface area contributed by atoms with Gasteiger partial charge < -0.3 is 4.98 Å². The first kappa shape index (κ1) is 12.6. The second-order valence-electron chi connectivity index (χ2n) is 4.59. The molecule has 0 aliphatic carbocycles. The average molecular weight is 241 g/mol. The summed E-state index contributed by atoms with van der Waals surface area (Å²) in [5.41, 5.74) is 3.22. The largest absolute Gasteiger partial charge is 0.361 e. The third-order valence-electron chi connectivity index (χ3n) is 3.36. The van der Waals surface area contributed by atoms with Gasteiger partial charge in [0, 0.05) is 23.5 Å². The summed E-state index contributed by atoms with van der Waals surface area (Å²) in [6.45, 7) is 5.76. The van der Waals surface area contributed by atoms with Gasteiger partial charge >= 0.3 is 0 Å². The molecule has 0 atom stereocenters. The van der Waals surface area contributed by atoms with Crippen molar-refractivity contribution in [3.05, 3.63) is 48.2 Å². The molecule has 2 nitrogen and oxygen atoms in total. The van der Waals surface area contributed by atoms with Crippen LogP contribution >= 0.6 is 0 Å². The average Bonchev–Trinajstić information content (AvgIpc) is 2.86. The molecule has 0 saturated carbocycles. The van der Waals surface area contributed by atoms with E-state index in [1.165, 1.54) is 10.9 Å². The fraction of sp³-hybridized carbons (Fsp3) is 0.312. The van der Waals surface area contributed by atoms with Crippen LogP contribution in [-0.4, -0.2) is 10.8 Å². The SMILES string of the molecule is C=C(CC)C(=O)CCCc1cccc2[nH]ccc12. The lowest BCUT2D eigenvalue weighted by atomic mass is 10.0. The van der Waals surface area contributed by atoms with Gasteiger partial charge in [-0.25, -0.2) is 0 Å². The Kier molecular flexibility index (Phi) is 3.98. The predicted octanol–water partition coefficient (Wildman–Crippen LogP) is 4.03. The lowest BCUT2D eigenvalue weighted by molar-refractivity contribution is -0.115. The molecule has 2 heteroatoms. The van der Waals surface area contributed by atoms with Crippen molar-refractivity contribution < 1.29 is 4.79 Å². The number of Topliss-reactive ketones (excluding diaryl/α,β-unsaturated/α-hetero) is 1. The second kappa shape index (κ2) is 5.67. The molecule has 94 valence electrons. The third-order valence-corrected chi connectivity index (χ3v) is 3.36. The first-order chi connectivity index (χ1) is 8.72. The minimum Gasteiger partial charge on any atom is -0.361 e. The van der Waals surface area contributed by atoms with Gasteiger partial charge in [-0.2, -0.15) is 0 Å². The highest BCUT2D eigenvalue weighted by atomic mass is 16.1. The number of benzene rings is 1. The Bertz CT molecular complexity index is 565. The van der Waals surface area contributed by atoms with Crippen LogP contribution in [0.4, 0.5) is 0 Å². The van der Waals surface area contributed by atoms with Crippen LogP contribution in [-0.2, 0) is 11.2 Å². The Morgan fingerprint density at radius 3 is 2.94 bits per heavy atom. The number of allylic oxidation sites excluding steroid dienone is 1. The van der Waals surface area contributed by atoms with E-state index in [1.54, 1.807) is 0 Å². The predicted molar refractivity (Wildman–Crippen MR) is 75.7 cm³/mol. The Balaban J connectivity index is 1.96. The van der Waals surface area contributed by atoms with Gasteiger partial charge in [0.1, 0.15) is 0 Å². The first-order valence-corrected chi connectivity index (χ1v) is 6.48. The molecule has 0 aliphatic heterocycles. The first-order valence-electron chi connectivity index (χ1n) is 6.48. The van der Waals surface area contributed by atoms with Gasteiger partial charge in [0.15, 0.2) is 5.78 Å². The van der Waals surface area contributed by atoms with Crippen LogP contribution in [0.5, 0.6) is 0 Å². The molecule has 1 N–H and O–H groups in total. The maximum absolute atomic E-state index is 11.7. The normalized spacial score (nSPS) is 10.7. The van der Waals surface area contributed by atoms with Crippen LogP contribution < -0.4 is 0 Å². The molecule has 18 heavy (non-hydrogen) atoms. The number of carbonyl (C=O) groups is 1. The summed E-state index contributed by atoms with van der Waals surface area (Å²) in [5, 5.41) is 1.26. The van der Waals surface area contributed by atoms with Crippen LogP contribution in [0.2, 0.25) is 0 Å². The Morgan fingerprint density at radius 2 is 2.17 bits per heavy atom. The Hall–Kier alpha value is -1.83. The molecule has 0 aliphatic rings. The number of ketones is 1. The highest BCUT2D eigenvalue weighted by Gasteiger charge is 2.06. The molecule has 1 aromatic heterocycles. The number of aromatic nitrogens is 1. The smallest absolute Gasteiger partial charge is 0.158 e. The van der Waals surface area contributed by atoms with Crippen molar-refractivity contribution in [2.75, 3.05) is 0 Å². The van der Waals surface area contributed by atoms with Gasteiger partial charge in [-0.05, 0) is 42.5 Å². The van der Waals surface area contributed by atoms with E-state index in [4.69, 9.17) is 0 Å². The lowest BCUT2D eigenvalue weighted by Crippen LogP contribution is -2.01. The minimum absolute atomic E-state index is 0.207. The fourth-order valence-corrected chi connectivity index (χ4v) is 2.18. The standard InChI is InChI=1S/C16H19NO/c1-3-12(2)16(18)9-5-7-13-6-4-8-15-14(13)10-11-17-15/h4,6,8,10-11,17H,2-3,5,7,9H2,1H3. The molecule has 2 aromatic rings. The van der Waals surface area contributed by atoms with Crippen molar-refractivity contribution in [2.24, 2.45) is 0 Å². The van der Waals surface area contributed by atoms with Gasteiger partial charge in [0.05, 0.1) is 0 Å². The van der Waals surface area contributed by atoms with E-state index >= 15 is 0 Å². The molecule has 0 spiro atoms. The number of rotatable bonds is 6. The molecule has 0 radical (unpaired) electrons. The van der Waals surface area contributed by atoms with Crippen LogP contribution in [0.15, 0.2) is 42.6 Å². The summed E-state index contributed by atoms with van der Waals surface area (Å²) in [6.07, 6.45) is 5.15. The van der Waals surface area contributed by atoms with Crippen LogP contribution in [0.1, 0.15) is 31.7 Å². The number of nitrogens with one attached hydrogen (secondary N) is 1. The van der Waals surface area contributed by atoms with E-state index in [2.05, 4.69) is 35.8 Å². The number of hydrogen-bond donors (Lipinski definition) is 1. The summed E-state index contributed by atoms with van der Waals surface area (Å²) >= 11 is 0. The van der Waals surface area contributed by atoms with Gasteiger partial charge in [0.2, 0.25) is 0 Å². The van der Waals surface area contributed by atoms with Crippen LogP contribution in [0.3, 0.4) is 0 Å². The number of aryl methyl sites for hydroxylation is 1. The highest BCUT2D eigenvalue weighted by Crippen LogP contribution is 2.19. The molecule has 0 fully saturated rings. The quantitative estimate of drug-likeness (QED) is 0.761. The number of H-pyrrole nitrogens is 1. The summed E-state index contributed by atoms with van der Waals surface area (Å²) < 4.78 is 0. The maximum Gasteiger partial charge on any atom is 0.158 e. The Labute approximate surface area is 108 Å². The number of carbonyl (C=O) groups excluding carboxylic acids is 1. The zero-order valence-electron chi connectivity index (χ0n) is 10.8. The van der Waals surface area contributed by atoms with E-state index in [0.717, 1.165) is 30.4 Å². The molecule has 2 rings (SSSR count). The lowest BCUT2D eigenvalue weighted by Gasteiger charge is -2.04. The van der Waals surface area contributed by atoms with E-state index < -0.39 is 0 Å². The van der Waals surface area contributed by atoms with E-state index in [-0.39, 0.29) is 5.78 Å². The van der Waals surface area contributed by atoms with Crippen molar-refractivity contribution in [1.82, 2.24) is 4.98 Å². The fourth-order valence-electron chi connectivity index (χ4n) is 2.18. The van der Waals surface area contributed by atoms with Gasteiger partial charge in [-0.3, -0.25) is 4.79 Å². The van der Waals surface area contributed by atoms with Crippen LogP contribution in [0.25, 0.3) is 10.9 Å². The van der Waals surface area contributed by atoms with Crippen LogP contribution in [0, 0.1) is 0 Å². The highest BCUT2D eigenvalue weighted by molar-refractivity contribution is 5.94. The maximum atomic E-state index is 11.7. The minimum atomic E-state index is 0.207. The zero-order chi connectivity index (χ0) is 13.0. The van der Waals surface area contributed by atoms with Gasteiger partial charge in [-0.15, -0.1) is 0 Å². The second-order valence-corrected chi connectivity index (χ2v) is 4.59. The molecule has 0 saturated heterocycles. The topological polar surface area (TPSA) is 32.9 Å².